The predicted octanol–water partition coefficient (Wildman–Crippen LogP) is 2.94. The molecule has 0 aliphatic rings. The number of nitrogens with two attached hydrogens (primary N) is 1. The van der Waals surface area contributed by atoms with E-state index < -0.39 is 11.7 Å². The normalized spacial score (nSPS) is 12.7. The van der Waals surface area contributed by atoms with E-state index in [2.05, 4.69) is 5.32 Å². The molecule has 5 heteroatoms. The molecule has 0 atom stereocenters. The lowest BCUT2D eigenvalue weighted by molar-refractivity contribution is -0.137. The molecule has 0 aliphatic carbocycles. The van der Waals surface area contributed by atoms with E-state index in [1.807, 2.05) is 0 Å². The summed E-state index contributed by atoms with van der Waals surface area (Å²) < 4.78 is 37.0. The van der Waals surface area contributed by atoms with Crippen LogP contribution in [0.4, 0.5) is 18.9 Å². The average molecular weight is 216 g/mol. The molecule has 0 spiro atoms. The van der Waals surface area contributed by atoms with Crippen molar-refractivity contribution in [2.24, 2.45) is 5.73 Å². The first-order valence-electron chi connectivity index (χ1n) is 4.26. The van der Waals surface area contributed by atoms with Crippen LogP contribution in [0, 0.1) is 0 Å². The van der Waals surface area contributed by atoms with E-state index in [1.165, 1.54) is 12.3 Å². The van der Waals surface area contributed by atoms with Gasteiger partial charge < -0.3 is 11.1 Å². The zero-order valence-electron chi connectivity index (χ0n) is 8.10. The van der Waals surface area contributed by atoms with Gasteiger partial charge in [0, 0.05) is 17.6 Å². The van der Waals surface area contributed by atoms with E-state index in [-0.39, 0.29) is 0 Å². The Morgan fingerprint density at radius 1 is 1.40 bits per heavy atom. The van der Waals surface area contributed by atoms with Gasteiger partial charge in [-0.3, -0.25) is 0 Å². The molecule has 3 N–H and O–H groups in total. The summed E-state index contributed by atoms with van der Waals surface area (Å²) in [6.07, 6.45) is -3.03. The Morgan fingerprint density at radius 2 is 2.07 bits per heavy atom. The van der Waals surface area contributed by atoms with Crippen molar-refractivity contribution in [1.29, 1.82) is 0 Å². The van der Waals surface area contributed by atoms with Gasteiger partial charge in [-0.2, -0.15) is 13.2 Å². The molecule has 0 saturated heterocycles. The highest BCUT2D eigenvalue weighted by Crippen LogP contribution is 2.30. The molecular weight excluding hydrogens is 205 g/mol. The van der Waals surface area contributed by atoms with Gasteiger partial charge in [0.15, 0.2) is 0 Å². The lowest BCUT2D eigenvalue weighted by Crippen LogP contribution is -2.06. The predicted molar refractivity (Wildman–Crippen MR) is 53.0 cm³/mol. The molecule has 15 heavy (non-hydrogen) atoms. The summed E-state index contributed by atoms with van der Waals surface area (Å²) in [6, 6.07) is 4.94. The van der Waals surface area contributed by atoms with E-state index >= 15 is 0 Å². The molecule has 0 amide bonds. The quantitative estimate of drug-likeness (QED) is 0.797. The van der Waals surface area contributed by atoms with Gasteiger partial charge in [0.25, 0.3) is 0 Å². The maximum Gasteiger partial charge on any atom is 0.416 e. The first-order chi connectivity index (χ1) is 6.93. The van der Waals surface area contributed by atoms with Crippen LogP contribution >= 0.6 is 0 Å². The summed E-state index contributed by atoms with van der Waals surface area (Å²) in [5.41, 5.74) is 5.47. The van der Waals surface area contributed by atoms with Gasteiger partial charge >= 0.3 is 6.18 Å². The number of benzene rings is 1. The van der Waals surface area contributed by atoms with Crippen molar-refractivity contribution in [2.75, 3.05) is 5.32 Å². The molecule has 0 heterocycles. The summed E-state index contributed by atoms with van der Waals surface area (Å²) in [7, 11) is 0. The molecule has 0 aromatic heterocycles. The lowest BCUT2D eigenvalue weighted by atomic mass is 10.2. The molecule has 0 radical (unpaired) electrons. The highest BCUT2D eigenvalue weighted by atomic mass is 19.4. The second-order valence-corrected chi connectivity index (χ2v) is 3.05. The molecule has 0 saturated carbocycles. The molecule has 0 unspecified atom stereocenters. The first kappa shape index (κ1) is 11.4. The zero-order chi connectivity index (χ0) is 11.5. The van der Waals surface area contributed by atoms with Gasteiger partial charge in [-0.15, -0.1) is 0 Å². The van der Waals surface area contributed by atoms with E-state index in [4.69, 9.17) is 5.73 Å². The van der Waals surface area contributed by atoms with Gasteiger partial charge in [0.2, 0.25) is 0 Å². The molecule has 82 valence electrons. The van der Waals surface area contributed by atoms with E-state index in [1.54, 1.807) is 13.0 Å². The Kier molecular flexibility index (Phi) is 3.24. The average Bonchev–Trinajstić information content (AvgIpc) is 2.17. The molecule has 0 fully saturated rings. The molecule has 0 aliphatic heterocycles. The highest BCUT2D eigenvalue weighted by Gasteiger charge is 2.30. The summed E-state index contributed by atoms with van der Waals surface area (Å²) in [6.45, 7) is 1.67. The second-order valence-electron chi connectivity index (χ2n) is 3.05. The van der Waals surface area contributed by atoms with Crippen molar-refractivity contribution < 1.29 is 13.2 Å². The van der Waals surface area contributed by atoms with Crippen LogP contribution in [0.1, 0.15) is 12.5 Å². The summed E-state index contributed by atoms with van der Waals surface area (Å²) in [5, 5.41) is 2.74. The third-order valence-corrected chi connectivity index (χ3v) is 1.78. The Labute approximate surface area is 85.6 Å². The Hall–Kier alpha value is -1.65. The fourth-order valence-electron chi connectivity index (χ4n) is 1.04. The molecule has 1 aromatic carbocycles. The van der Waals surface area contributed by atoms with Crippen LogP contribution in [0.15, 0.2) is 36.2 Å². The molecular formula is C10H11F3N2. The largest absolute Gasteiger partial charge is 0.416 e. The van der Waals surface area contributed by atoms with Crippen LogP contribution in [0.3, 0.4) is 0 Å². The standard InChI is InChI=1S/C10H11F3N2/c1-7(6-14)15-9-4-2-3-8(5-9)10(11,12)13/h2-6,15H,14H2,1H3/b7-6-. The van der Waals surface area contributed by atoms with Crippen molar-refractivity contribution in [3.8, 4) is 0 Å². The van der Waals surface area contributed by atoms with Gasteiger partial charge in [-0.05, 0) is 25.1 Å². The van der Waals surface area contributed by atoms with Gasteiger partial charge in [0.1, 0.15) is 0 Å². The first-order valence-corrected chi connectivity index (χ1v) is 4.26. The number of hydrogen-bond acceptors (Lipinski definition) is 2. The number of nitrogens with one attached hydrogen (secondary N) is 1. The van der Waals surface area contributed by atoms with Crippen molar-refractivity contribution in [3.63, 3.8) is 0 Å². The highest BCUT2D eigenvalue weighted by molar-refractivity contribution is 5.50. The zero-order valence-corrected chi connectivity index (χ0v) is 8.10. The van der Waals surface area contributed by atoms with Crippen LogP contribution in [-0.2, 0) is 6.18 Å². The molecule has 1 aromatic rings. The second kappa shape index (κ2) is 4.25. The number of anilines is 1. The SMILES string of the molecule is C/C(=C/N)Nc1cccc(C(F)(F)F)c1. The van der Waals surface area contributed by atoms with Gasteiger partial charge in [-0.1, -0.05) is 6.07 Å². The van der Waals surface area contributed by atoms with Crippen LogP contribution in [0.2, 0.25) is 0 Å². The fourth-order valence-corrected chi connectivity index (χ4v) is 1.04. The van der Waals surface area contributed by atoms with Crippen molar-refractivity contribution in [3.05, 3.63) is 41.7 Å². The Bertz CT molecular complexity index is 369. The monoisotopic (exact) mass is 216 g/mol. The van der Waals surface area contributed by atoms with E-state index in [9.17, 15) is 13.2 Å². The minimum absolute atomic E-state index is 0.365. The van der Waals surface area contributed by atoms with Crippen LogP contribution in [0.25, 0.3) is 0 Å². The summed E-state index contributed by atoms with van der Waals surface area (Å²) in [5.74, 6) is 0. The van der Waals surface area contributed by atoms with Gasteiger partial charge in [-0.25, -0.2) is 0 Å². The van der Waals surface area contributed by atoms with Crippen LogP contribution < -0.4 is 11.1 Å². The third-order valence-electron chi connectivity index (χ3n) is 1.78. The topological polar surface area (TPSA) is 38.0 Å². The maximum absolute atomic E-state index is 12.3. The summed E-state index contributed by atoms with van der Waals surface area (Å²) >= 11 is 0. The Morgan fingerprint density at radius 3 is 2.60 bits per heavy atom. The minimum Gasteiger partial charge on any atom is -0.403 e. The Balaban J connectivity index is 2.93. The molecule has 0 bridgehead atoms. The number of allylic oxidation sites excluding steroid dienone is 1. The smallest absolute Gasteiger partial charge is 0.403 e. The maximum atomic E-state index is 12.3. The van der Waals surface area contributed by atoms with Crippen LogP contribution in [-0.4, -0.2) is 0 Å². The van der Waals surface area contributed by atoms with Crippen molar-refractivity contribution >= 4 is 5.69 Å². The van der Waals surface area contributed by atoms with E-state index in [0.717, 1.165) is 12.1 Å². The van der Waals surface area contributed by atoms with Crippen LogP contribution in [0.5, 0.6) is 0 Å². The lowest BCUT2D eigenvalue weighted by Gasteiger charge is -2.10. The van der Waals surface area contributed by atoms with E-state index in [0.29, 0.717) is 11.4 Å². The van der Waals surface area contributed by atoms with Crippen molar-refractivity contribution in [2.45, 2.75) is 13.1 Å². The number of alkyl halides is 3. The van der Waals surface area contributed by atoms with Crippen molar-refractivity contribution in [1.82, 2.24) is 0 Å². The number of halogens is 3. The number of hydrogen-bond donors (Lipinski definition) is 2. The number of rotatable bonds is 2. The minimum atomic E-state index is -4.32. The van der Waals surface area contributed by atoms with Gasteiger partial charge in [0.05, 0.1) is 5.56 Å². The summed E-state index contributed by atoms with van der Waals surface area (Å²) in [4.78, 5) is 0. The third kappa shape index (κ3) is 3.19. The fraction of sp³-hybridized carbons (Fsp3) is 0.200. The molecule has 2 nitrogen and oxygen atoms in total. The molecule has 1 rings (SSSR count).